The molecule has 2 aliphatic heterocycles. The minimum absolute atomic E-state index is 0.00324. The molecule has 2 atom stereocenters. The Morgan fingerprint density at radius 1 is 1.23 bits per heavy atom. The van der Waals surface area contributed by atoms with Crippen LogP contribution in [0.25, 0.3) is 0 Å². The van der Waals surface area contributed by atoms with E-state index in [4.69, 9.17) is 4.74 Å². The van der Waals surface area contributed by atoms with Gasteiger partial charge in [-0.1, -0.05) is 24.3 Å². The maximum absolute atomic E-state index is 12.8. The number of ether oxygens (including phenoxy) is 1. The van der Waals surface area contributed by atoms with Crippen molar-refractivity contribution in [1.82, 2.24) is 4.90 Å². The van der Waals surface area contributed by atoms with Gasteiger partial charge in [-0.3, -0.25) is 14.9 Å². The van der Waals surface area contributed by atoms with Crippen molar-refractivity contribution in [3.63, 3.8) is 0 Å². The number of nitro groups is 1. The number of carbonyl (C=O) groups is 2. The van der Waals surface area contributed by atoms with E-state index in [9.17, 15) is 19.7 Å². The molecule has 2 fully saturated rings. The van der Waals surface area contributed by atoms with E-state index in [0.717, 1.165) is 9.80 Å². The molecule has 2 aliphatic rings. The summed E-state index contributed by atoms with van der Waals surface area (Å²) in [5, 5.41) is 10.7. The molecular formula is C21H18N2O5S2. The SMILES string of the molecule is O=C(OCc1ccc([N+](=O)[O-])cc1)[C@H]1/C(=C/CSc2ccccc2)S[C@@H]2CC(=O)N21. The number of rotatable bonds is 7. The standard InChI is InChI=1S/C21H18N2O5S2/c24-18-12-19-22(18)20(17(30-19)10-11-29-16-4-2-1-3-5-16)21(25)28-13-14-6-8-15(9-7-14)23(26)27/h1-10,19-20H,11-13H2/b17-10-/t19-,20-/m1/s1. The van der Waals surface area contributed by atoms with Gasteiger partial charge < -0.3 is 9.64 Å². The van der Waals surface area contributed by atoms with Gasteiger partial charge in [0, 0.05) is 27.7 Å². The third kappa shape index (κ3) is 4.36. The smallest absolute Gasteiger partial charge is 0.334 e. The molecule has 2 aromatic carbocycles. The van der Waals surface area contributed by atoms with Crippen LogP contribution in [0, 0.1) is 10.1 Å². The minimum Gasteiger partial charge on any atom is -0.459 e. The minimum atomic E-state index is -0.712. The van der Waals surface area contributed by atoms with Gasteiger partial charge in [0.15, 0.2) is 6.04 Å². The van der Waals surface area contributed by atoms with Gasteiger partial charge in [0.2, 0.25) is 5.91 Å². The topological polar surface area (TPSA) is 89.7 Å². The fraction of sp³-hybridized carbons (Fsp3) is 0.238. The molecule has 0 unspecified atom stereocenters. The van der Waals surface area contributed by atoms with Crippen LogP contribution in [0.3, 0.4) is 0 Å². The molecule has 2 heterocycles. The van der Waals surface area contributed by atoms with Crippen LogP contribution in [-0.4, -0.2) is 38.9 Å². The summed E-state index contributed by atoms with van der Waals surface area (Å²) in [7, 11) is 0. The van der Waals surface area contributed by atoms with Crippen molar-refractivity contribution in [3.05, 3.63) is 81.3 Å². The Morgan fingerprint density at radius 2 is 1.97 bits per heavy atom. The zero-order valence-electron chi connectivity index (χ0n) is 15.8. The predicted octanol–water partition coefficient (Wildman–Crippen LogP) is 3.99. The molecule has 4 rings (SSSR count). The highest BCUT2D eigenvalue weighted by molar-refractivity contribution is 8.04. The average Bonchev–Trinajstić information content (AvgIpc) is 3.05. The Balaban J connectivity index is 1.41. The molecular weight excluding hydrogens is 424 g/mol. The zero-order chi connectivity index (χ0) is 21.1. The van der Waals surface area contributed by atoms with Crippen molar-refractivity contribution in [2.24, 2.45) is 0 Å². The van der Waals surface area contributed by atoms with Gasteiger partial charge >= 0.3 is 5.97 Å². The van der Waals surface area contributed by atoms with Gasteiger partial charge in [-0.15, -0.1) is 23.5 Å². The summed E-state index contributed by atoms with van der Waals surface area (Å²) in [5.41, 5.74) is 0.628. The van der Waals surface area contributed by atoms with Crippen LogP contribution in [0.2, 0.25) is 0 Å². The van der Waals surface area contributed by atoms with Crippen molar-refractivity contribution in [1.29, 1.82) is 0 Å². The molecule has 0 N–H and O–H groups in total. The number of hydrogen-bond donors (Lipinski definition) is 0. The van der Waals surface area contributed by atoms with Gasteiger partial charge in [0.05, 0.1) is 16.7 Å². The summed E-state index contributed by atoms with van der Waals surface area (Å²) >= 11 is 3.20. The van der Waals surface area contributed by atoms with Crippen LogP contribution in [0.1, 0.15) is 12.0 Å². The number of hydrogen-bond acceptors (Lipinski definition) is 7. The molecule has 9 heteroatoms. The number of fused-ring (bicyclic) bond motifs is 1. The molecule has 7 nitrogen and oxygen atoms in total. The molecule has 0 aromatic heterocycles. The number of non-ortho nitro benzene ring substituents is 1. The van der Waals surface area contributed by atoms with Crippen LogP contribution < -0.4 is 0 Å². The first-order valence-electron chi connectivity index (χ1n) is 9.28. The van der Waals surface area contributed by atoms with E-state index in [1.165, 1.54) is 23.9 Å². The van der Waals surface area contributed by atoms with E-state index in [-0.39, 0.29) is 23.6 Å². The average molecular weight is 443 g/mol. The zero-order valence-corrected chi connectivity index (χ0v) is 17.4. The lowest BCUT2D eigenvalue weighted by molar-refractivity contribution is -0.384. The molecule has 0 saturated carbocycles. The second-order valence-corrected chi connectivity index (χ2v) is 9.09. The summed E-state index contributed by atoms with van der Waals surface area (Å²) in [4.78, 5) is 38.7. The van der Waals surface area contributed by atoms with Crippen LogP contribution in [-0.2, 0) is 20.9 Å². The van der Waals surface area contributed by atoms with Crippen LogP contribution >= 0.6 is 23.5 Å². The monoisotopic (exact) mass is 442 g/mol. The fourth-order valence-corrected chi connectivity index (χ4v) is 5.56. The molecule has 0 radical (unpaired) electrons. The highest BCUT2D eigenvalue weighted by Crippen LogP contribution is 2.47. The number of thioether (sulfide) groups is 2. The number of amides is 1. The summed E-state index contributed by atoms with van der Waals surface area (Å²) in [6.07, 6.45) is 2.42. The van der Waals surface area contributed by atoms with E-state index in [1.54, 1.807) is 28.8 Å². The lowest BCUT2D eigenvalue weighted by Gasteiger charge is -2.35. The van der Waals surface area contributed by atoms with Crippen LogP contribution in [0.15, 0.2) is 70.5 Å². The lowest BCUT2D eigenvalue weighted by atomic mass is 10.1. The summed E-state index contributed by atoms with van der Waals surface area (Å²) in [6.45, 7) is -0.00324. The molecule has 0 aliphatic carbocycles. The van der Waals surface area contributed by atoms with Gasteiger partial charge in [-0.2, -0.15) is 0 Å². The molecule has 0 spiro atoms. The second-order valence-electron chi connectivity index (χ2n) is 6.74. The van der Waals surface area contributed by atoms with Gasteiger partial charge in [0.1, 0.15) is 6.61 Å². The Bertz CT molecular complexity index is 994. The van der Waals surface area contributed by atoms with Crippen molar-refractivity contribution >= 4 is 41.1 Å². The van der Waals surface area contributed by atoms with Gasteiger partial charge in [-0.25, -0.2) is 4.79 Å². The number of benzene rings is 2. The van der Waals surface area contributed by atoms with E-state index in [1.807, 2.05) is 36.4 Å². The molecule has 2 saturated heterocycles. The van der Waals surface area contributed by atoms with E-state index in [0.29, 0.717) is 17.7 Å². The number of carbonyl (C=O) groups excluding carboxylic acids is 2. The predicted molar refractivity (Wildman–Crippen MR) is 115 cm³/mol. The van der Waals surface area contributed by atoms with E-state index in [2.05, 4.69) is 0 Å². The first-order valence-corrected chi connectivity index (χ1v) is 11.1. The largest absolute Gasteiger partial charge is 0.459 e. The second kappa shape index (κ2) is 8.93. The number of nitro benzene ring substituents is 1. The van der Waals surface area contributed by atoms with Crippen molar-refractivity contribution in [2.45, 2.75) is 29.3 Å². The fourth-order valence-electron chi connectivity index (χ4n) is 3.24. The lowest BCUT2D eigenvalue weighted by Crippen LogP contribution is -2.54. The Labute approximate surface area is 181 Å². The molecule has 1 amide bonds. The molecule has 30 heavy (non-hydrogen) atoms. The number of esters is 1. The summed E-state index contributed by atoms with van der Waals surface area (Å²) in [5.74, 6) is 0.156. The molecule has 154 valence electrons. The highest BCUT2D eigenvalue weighted by Gasteiger charge is 2.52. The van der Waals surface area contributed by atoms with Crippen molar-refractivity contribution < 1.29 is 19.2 Å². The first-order chi connectivity index (χ1) is 14.5. The summed E-state index contributed by atoms with van der Waals surface area (Å²) < 4.78 is 5.44. The third-order valence-corrected chi connectivity index (χ3v) is 7.06. The third-order valence-electron chi connectivity index (χ3n) is 4.80. The maximum Gasteiger partial charge on any atom is 0.334 e. The number of nitrogens with zero attached hydrogens (tertiary/aromatic N) is 2. The normalized spacial score (nSPS) is 21.3. The first kappa shape index (κ1) is 20.5. The van der Waals surface area contributed by atoms with Crippen molar-refractivity contribution in [3.8, 4) is 0 Å². The van der Waals surface area contributed by atoms with Gasteiger partial charge in [0.25, 0.3) is 5.69 Å². The Hall–Kier alpha value is -2.78. The van der Waals surface area contributed by atoms with Gasteiger partial charge in [-0.05, 0) is 29.8 Å². The van der Waals surface area contributed by atoms with Crippen LogP contribution in [0.5, 0.6) is 0 Å². The van der Waals surface area contributed by atoms with Crippen LogP contribution in [0.4, 0.5) is 5.69 Å². The van der Waals surface area contributed by atoms with Crippen molar-refractivity contribution in [2.75, 3.05) is 5.75 Å². The van der Waals surface area contributed by atoms with E-state index >= 15 is 0 Å². The Morgan fingerprint density at radius 3 is 2.63 bits per heavy atom. The Kier molecular flexibility index (Phi) is 6.10. The summed E-state index contributed by atoms with van der Waals surface area (Å²) in [6, 6.07) is 15.1. The quantitative estimate of drug-likeness (QED) is 0.211. The van der Waals surface area contributed by atoms with E-state index < -0.39 is 16.9 Å². The molecule has 0 bridgehead atoms. The number of β-lactam (4-membered cyclic amide) rings is 1. The molecule has 2 aromatic rings. The highest BCUT2D eigenvalue weighted by atomic mass is 32.2. The maximum atomic E-state index is 12.8.